The van der Waals surface area contributed by atoms with Gasteiger partial charge in [0.05, 0.1) is 12.1 Å². The monoisotopic (exact) mass is 234 g/mol. The number of aliphatic hydroxyl groups is 1. The summed E-state index contributed by atoms with van der Waals surface area (Å²) in [5.41, 5.74) is 6.75. The number of rotatable bonds is 4. The van der Waals surface area contributed by atoms with Gasteiger partial charge in [0.2, 0.25) is 0 Å². The van der Waals surface area contributed by atoms with Crippen LogP contribution in [0.25, 0.3) is 0 Å². The molecule has 0 amide bonds. The van der Waals surface area contributed by atoms with E-state index in [1.165, 1.54) is 12.8 Å². The number of hydrogen-bond donors (Lipinski definition) is 2. The molecule has 0 saturated carbocycles. The lowest BCUT2D eigenvalue weighted by molar-refractivity contribution is 0.133. The molecule has 0 bridgehead atoms. The van der Waals surface area contributed by atoms with Crippen molar-refractivity contribution < 1.29 is 5.11 Å². The van der Waals surface area contributed by atoms with Crippen LogP contribution in [-0.2, 0) is 5.54 Å². The van der Waals surface area contributed by atoms with Gasteiger partial charge in [0.1, 0.15) is 0 Å². The zero-order chi connectivity index (χ0) is 12.3. The van der Waals surface area contributed by atoms with Gasteiger partial charge in [-0.2, -0.15) is 0 Å². The summed E-state index contributed by atoms with van der Waals surface area (Å²) in [4.78, 5) is 2.38. The van der Waals surface area contributed by atoms with Gasteiger partial charge >= 0.3 is 0 Å². The molecule has 1 saturated heterocycles. The van der Waals surface area contributed by atoms with Crippen LogP contribution >= 0.6 is 0 Å². The molecule has 94 valence electrons. The Morgan fingerprint density at radius 2 is 2.12 bits per heavy atom. The molecule has 0 radical (unpaired) electrons. The highest BCUT2D eigenvalue weighted by Gasteiger charge is 2.32. The van der Waals surface area contributed by atoms with E-state index in [0.29, 0.717) is 6.04 Å². The first-order valence-corrected chi connectivity index (χ1v) is 6.35. The molecule has 1 aliphatic heterocycles. The van der Waals surface area contributed by atoms with Gasteiger partial charge in [-0.25, -0.2) is 0 Å². The van der Waals surface area contributed by atoms with Crippen LogP contribution in [0.1, 0.15) is 25.3 Å². The molecule has 3 heteroatoms. The first-order valence-electron chi connectivity index (χ1n) is 6.35. The van der Waals surface area contributed by atoms with E-state index in [-0.39, 0.29) is 6.61 Å². The predicted octanol–water partition coefficient (Wildman–Crippen LogP) is 1.32. The molecule has 0 aliphatic carbocycles. The van der Waals surface area contributed by atoms with Crippen molar-refractivity contribution in [3.05, 3.63) is 35.9 Å². The Morgan fingerprint density at radius 1 is 1.41 bits per heavy atom. The topological polar surface area (TPSA) is 49.5 Å². The number of benzene rings is 1. The van der Waals surface area contributed by atoms with Crippen LogP contribution in [0.5, 0.6) is 0 Å². The summed E-state index contributed by atoms with van der Waals surface area (Å²) >= 11 is 0. The number of nitrogens with zero attached hydrogens (tertiary/aromatic N) is 1. The van der Waals surface area contributed by atoms with Gasteiger partial charge in [-0.3, -0.25) is 4.90 Å². The number of hydrogen-bond acceptors (Lipinski definition) is 3. The van der Waals surface area contributed by atoms with Crippen LogP contribution in [0, 0.1) is 0 Å². The average Bonchev–Trinajstić information content (AvgIpc) is 2.76. The summed E-state index contributed by atoms with van der Waals surface area (Å²) in [5, 5.41) is 9.63. The van der Waals surface area contributed by atoms with Gasteiger partial charge in [-0.05, 0) is 31.9 Å². The maximum atomic E-state index is 9.63. The van der Waals surface area contributed by atoms with E-state index in [2.05, 4.69) is 11.8 Å². The van der Waals surface area contributed by atoms with Crippen molar-refractivity contribution >= 4 is 0 Å². The molecule has 1 heterocycles. The van der Waals surface area contributed by atoms with Crippen molar-refractivity contribution in [2.24, 2.45) is 5.73 Å². The van der Waals surface area contributed by atoms with Crippen LogP contribution in [0.3, 0.4) is 0 Å². The number of likely N-dealkylation sites (tertiary alicyclic amines) is 1. The van der Waals surface area contributed by atoms with Crippen molar-refractivity contribution in [3.63, 3.8) is 0 Å². The molecule has 2 unspecified atom stereocenters. The van der Waals surface area contributed by atoms with Crippen LogP contribution in [-0.4, -0.2) is 35.7 Å². The van der Waals surface area contributed by atoms with Crippen LogP contribution in [0.4, 0.5) is 0 Å². The molecule has 2 rings (SSSR count). The second-order valence-electron chi connectivity index (χ2n) is 5.14. The average molecular weight is 234 g/mol. The maximum absolute atomic E-state index is 9.63. The molecule has 0 spiro atoms. The zero-order valence-electron chi connectivity index (χ0n) is 10.5. The maximum Gasteiger partial charge on any atom is 0.0773 e. The van der Waals surface area contributed by atoms with Crippen molar-refractivity contribution in [2.45, 2.75) is 31.3 Å². The van der Waals surface area contributed by atoms with E-state index in [1.54, 1.807) is 0 Å². The largest absolute Gasteiger partial charge is 0.394 e. The SMILES string of the molecule is CC1CCCN1CC(N)(CO)c1ccccc1. The Morgan fingerprint density at radius 3 is 2.65 bits per heavy atom. The highest BCUT2D eigenvalue weighted by molar-refractivity contribution is 5.24. The third-order valence-corrected chi connectivity index (χ3v) is 3.81. The van der Waals surface area contributed by atoms with Gasteiger partial charge in [0, 0.05) is 12.6 Å². The fourth-order valence-corrected chi connectivity index (χ4v) is 2.59. The van der Waals surface area contributed by atoms with Gasteiger partial charge in [-0.1, -0.05) is 30.3 Å². The quantitative estimate of drug-likeness (QED) is 0.826. The second-order valence-corrected chi connectivity index (χ2v) is 5.14. The first-order chi connectivity index (χ1) is 8.15. The predicted molar refractivity (Wildman–Crippen MR) is 69.7 cm³/mol. The Hall–Kier alpha value is -0.900. The minimum Gasteiger partial charge on any atom is -0.394 e. The molecule has 1 aromatic carbocycles. The van der Waals surface area contributed by atoms with Crippen molar-refractivity contribution in [1.82, 2.24) is 4.90 Å². The summed E-state index contributed by atoms with van der Waals surface area (Å²) in [6, 6.07) is 10.5. The summed E-state index contributed by atoms with van der Waals surface area (Å²) in [7, 11) is 0. The summed E-state index contributed by atoms with van der Waals surface area (Å²) in [6.45, 7) is 4.04. The smallest absolute Gasteiger partial charge is 0.0773 e. The Bertz CT molecular complexity index is 354. The molecule has 1 aromatic rings. The van der Waals surface area contributed by atoms with Gasteiger partial charge in [0.15, 0.2) is 0 Å². The normalized spacial score (nSPS) is 24.8. The van der Waals surface area contributed by atoms with Gasteiger partial charge < -0.3 is 10.8 Å². The van der Waals surface area contributed by atoms with Crippen molar-refractivity contribution in [1.29, 1.82) is 0 Å². The second kappa shape index (κ2) is 5.17. The van der Waals surface area contributed by atoms with E-state index in [0.717, 1.165) is 18.7 Å². The van der Waals surface area contributed by atoms with Gasteiger partial charge in [0.25, 0.3) is 0 Å². The van der Waals surface area contributed by atoms with E-state index < -0.39 is 5.54 Å². The Kier molecular flexibility index (Phi) is 3.82. The van der Waals surface area contributed by atoms with Crippen LogP contribution < -0.4 is 5.73 Å². The molecule has 17 heavy (non-hydrogen) atoms. The molecule has 1 fully saturated rings. The Labute approximate surface area is 103 Å². The molecule has 3 nitrogen and oxygen atoms in total. The van der Waals surface area contributed by atoms with Crippen molar-refractivity contribution in [2.75, 3.05) is 19.7 Å². The molecule has 0 aromatic heterocycles. The third kappa shape index (κ3) is 2.68. The van der Waals surface area contributed by atoms with Gasteiger partial charge in [-0.15, -0.1) is 0 Å². The highest BCUT2D eigenvalue weighted by atomic mass is 16.3. The summed E-state index contributed by atoms with van der Waals surface area (Å²) in [5.74, 6) is 0. The molecule has 1 aliphatic rings. The Balaban J connectivity index is 2.14. The van der Waals surface area contributed by atoms with Crippen molar-refractivity contribution in [3.8, 4) is 0 Å². The first kappa shape index (κ1) is 12.6. The zero-order valence-corrected chi connectivity index (χ0v) is 10.5. The van der Waals surface area contributed by atoms with E-state index in [1.807, 2.05) is 30.3 Å². The van der Waals surface area contributed by atoms with Crippen LogP contribution in [0.2, 0.25) is 0 Å². The molecule has 2 atom stereocenters. The minimum absolute atomic E-state index is 0.0137. The fraction of sp³-hybridized carbons (Fsp3) is 0.571. The molecular formula is C14H22N2O. The van der Waals surface area contributed by atoms with Crippen LogP contribution in [0.15, 0.2) is 30.3 Å². The molecule has 3 N–H and O–H groups in total. The van der Waals surface area contributed by atoms with E-state index >= 15 is 0 Å². The van der Waals surface area contributed by atoms with E-state index in [9.17, 15) is 5.11 Å². The van der Waals surface area contributed by atoms with E-state index in [4.69, 9.17) is 5.73 Å². The fourth-order valence-electron chi connectivity index (χ4n) is 2.59. The standard InChI is InChI=1S/C14H22N2O/c1-12-6-5-9-16(12)10-14(15,11-17)13-7-3-2-4-8-13/h2-4,7-8,12,17H,5-6,9-11,15H2,1H3. The lowest BCUT2D eigenvalue weighted by atomic mass is 9.91. The lowest BCUT2D eigenvalue weighted by Gasteiger charge is -2.34. The highest BCUT2D eigenvalue weighted by Crippen LogP contribution is 2.24. The lowest BCUT2D eigenvalue weighted by Crippen LogP contribution is -2.51. The number of nitrogens with two attached hydrogens (primary N) is 1. The minimum atomic E-state index is -0.639. The molecular weight excluding hydrogens is 212 g/mol. The number of aliphatic hydroxyl groups excluding tert-OH is 1. The third-order valence-electron chi connectivity index (χ3n) is 3.81. The summed E-state index contributed by atoms with van der Waals surface area (Å²) < 4.78 is 0. The summed E-state index contributed by atoms with van der Waals surface area (Å²) in [6.07, 6.45) is 2.47.